The maximum atomic E-state index is 13.7. The first-order valence-electron chi connectivity index (χ1n) is 11.0. The zero-order valence-electron chi connectivity index (χ0n) is 19.5. The summed E-state index contributed by atoms with van der Waals surface area (Å²) < 4.78 is 11.1. The van der Waals surface area contributed by atoms with Crippen molar-refractivity contribution in [3.63, 3.8) is 0 Å². The van der Waals surface area contributed by atoms with Crippen molar-refractivity contribution in [1.29, 1.82) is 0 Å². The summed E-state index contributed by atoms with van der Waals surface area (Å²) in [6, 6.07) is 0. The predicted octanol–water partition coefficient (Wildman–Crippen LogP) is 1.60. The fraction of sp³-hybridized carbons (Fsp3) is 0.708. The lowest BCUT2D eigenvalue weighted by molar-refractivity contribution is -0.166. The van der Waals surface area contributed by atoms with E-state index in [1.165, 1.54) is 13.8 Å². The van der Waals surface area contributed by atoms with Gasteiger partial charge in [0.15, 0.2) is 5.78 Å². The fourth-order valence-corrected chi connectivity index (χ4v) is 5.85. The lowest BCUT2D eigenvalue weighted by Crippen LogP contribution is -2.56. The smallest absolute Gasteiger partial charge is 0.303 e. The van der Waals surface area contributed by atoms with Crippen LogP contribution in [0.2, 0.25) is 0 Å². The Labute approximate surface area is 188 Å². The summed E-state index contributed by atoms with van der Waals surface area (Å²) in [5.41, 5.74) is -0.714. The molecule has 3 N–H and O–H groups in total. The van der Waals surface area contributed by atoms with Crippen molar-refractivity contribution in [2.75, 3.05) is 0 Å². The van der Waals surface area contributed by atoms with E-state index in [1.54, 1.807) is 19.9 Å². The van der Waals surface area contributed by atoms with Crippen LogP contribution in [-0.2, 0) is 23.9 Å². The van der Waals surface area contributed by atoms with Crippen LogP contribution in [0.4, 0.5) is 0 Å². The van der Waals surface area contributed by atoms with Crippen molar-refractivity contribution in [2.45, 2.75) is 91.3 Å². The third-order valence-corrected chi connectivity index (χ3v) is 7.64. The lowest BCUT2D eigenvalue weighted by Gasteiger charge is -2.50. The Morgan fingerprint density at radius 1 is 1.00 bits per heavy atom. The summed E-state index contributed by atoms with van der Waals surface area (Å²) in [6.45, 7) is 9.55. The molecular weight excluding hydrogens is 416 g/mol. The molecule has 0 radical (unpaired) electrons. The van der Waals surface area contributed by atoms with E-state index in [2.05, 4.69) is 0 Å². The van der Waals surface area contributed by atoms with Crippen LogP contribution in [0.1, 0.15) is 60.8 Å². The zero-order chi connectivity index (χ0) is 24.2. The van der Waals surface area contributed by atoms with Gasteiger partial charge in [-0.2, -0.15) is 0 Å². The van der Waals surface area contributed by atoms with E-state index in [-0.39, 0.29) is 19.3 Å². The molecule has 7 atom stereocenters. The Hall–Kier alpha value is -2.03. The second kappa shape index (κ2) is 8.39. The largest absolute Gasteiger partial charge is 0.461 e. The minimum Gasteiger partial charge on any atom is -0.461 e. The summed E-state index contributed by atoms with van der Waals surface area (Å²) >= 11 is 0. The third kappa shape index (κ3) is 4.04. The molecule has 3 aliphatic carbocycles. The van der Waals surface area contributed by atoms with Gasteiger partial charge in [0.2, 0.25) is 0 Å². The van der Waals surface area contributed by atoms with Crippen LogP contribution >= 0.6 is 0 Å². The van der Waals surface area contributed by atoms with Gasteiger partial charge in [-0.1, -0.05) is 13.8 Å². The topological polar surface area (TPSA) is 130 Å². The summed E-state index contributed by atoms with van der Waals surface area (Å²) in [7, 11) is 0. The van der Waals surface area contributed by atoms with Gasteiger partial charge in [0, 0.05) is 26.2 Å². The van der Waals surface area contributed by atoms with E-state index in [1.807, 2.05) is 13.8 Å². The van der Waals surface area contributed by atoms with Crippen LogP contribution in [0.15, 0.2) is 22.8 Å². The Bertz CT molecular complexity index is 884. The van der Waals surface area contributed by atoms with E-state index in [4.69, 9.17) is 9.47 Å². The van der Waals surface area contributed by atoms with Gasteiger partial charge >= 0.3 is 11.9 Å². The first kappa shape index (κ1) is 24.6. The highest BCUT2D eigenvalue weighted by atomic mass is 16.5. The minimum absolute atomic E-state index is 0.0120. The predicted molar refractivity (Wildman–Crippen MR) is 114 cm³/mol. The number of fused-ring (bicyclic) bond motifs is 4. The van der Waals surface area contributed by atoms with Crippen LogP contribution in [0.25, 0.3) is 0 Å². The molecule has 0 spiro atoms. The number of ether oxygens (including phenoxy) is 2. The van der Waals surface area contributed by atoms with Gasteiger partial charge in [0.05, 0.1) is 17.6 Å². The highest BCUT2D eigenvalue weighted by molar-refractivity contribution is 5.93. The molecular formula is C24H34O8. The average Bonchev–Trinajstić information content (AvgIpc) is 2.65. The first-order chi connectivity index (χ1) is 14.7. The molecule has 32 heavy (non-hydrogen) atoms. The molecule has 178 valence electrons. The van der Waals surface area contributed by atoms with E-state index in [0.717, 1.165) is 0 Å². The van der Waals surface area contributed by atoms with Crippen LogP contribution in [0, 0.1) is 16.7 Å². The van der Waals surface area contributed by atoms with Gasteiger partial charge in [-0.15, -0.1) is 0 Å². The zero-order valence-corrected chi connectivity index (χ0v) is 19.5. The van der Waals surface area contributed by atoms with Crippen LogP contribution in [0.5, 0.6) is 0 Å². The number of aliphatic hydroxyl groups is 3. The fourth-order valence-electron chi connectivity index (χ4n) is 5.85. The van der Waals surface area contributed by atoms with Crippen molar-refractivity contribution >= 4 is 17.7 Å². The maximum absolute atomic E-state index is 13.7. The number of hydrogen-bond acceptors (Lipinski definition) is 8. The normalized spacial score (nSPS) is 40.8. The molecule has 1 saturated carbocycles. The first-order valence-corrected chi connectivity index (χ1v) is 11.0. The molecule has 1 fully saturated rings. The number of Topliss-reactive ketones (excluding diaryl/α,β-unsaturated/α-hetero) is 1. The molecule has 3 rings (SSSR count). The highest BCUT2D eigenvalue weighted by Crippen LogP contribution is 2.52. The van der Waals surface area contributed by atoms with Gasteiger partial charge in [-0.25, -0.2) is 0 Å². The molecule has 0 unspecified atom stereocenters. The van der Waals surface area contributed by atoms with E-state index in [0.29, 0.717) is 16.7 Å². The summed E-state index contributed by atoms with van der Waals surface area (Å²) in [4.78, 5) is 37.4. The van der Waals surface area contributed by atoms with Crippen molar-refractivity contribution in [3.8, 4) is 0 Å². The lowest BCUT2D eigenvalue weighted by atomic mass is 9.57. The molecule has 0 heterocycles. The summed E-state index contributed by atoms with van der Waals surface area (Å²) in [6.07, 6.45) is -3.21. The molecule has 0 aromatic carbocycles. The second-order valence-corrected chi connectivity index (χ2v) is 10.2. The van der Waals surface area contributed by atoms with Crippen molar-refractivity contribution in [3.05, 3.63) is 22.8 Å². The number of ketones is 1. The third-order valence-electron chi connectivity index (χ3n) is 7.64. The molecule has 0 saturated heterocycles. The van der Waals surface area contributed by atoms with E-state index >= 15 is 0 Å². The summed E-state index contributed by atoms with van der Waals surface area (Å²) in [5.74, 6) is -2.05. The van der Waals surface area contributed by atoms with Crippen LogP contribution in [-0.4, -0.2) is 63.6 Å². The number of carbonyl (C=O) groups is 3. The molecule has 8 heteroatoms. The number of aliphatic hydroxyl groups excluding tert-OH is 3. The Morgan fingerprint density at radius 2 is 1.59 bits per heavy atom. The number of hydrogen-bond donors (Lipinski definition) is 3. The van der Waals surface area contributed by atoms with Gasteiger partial charge in [0.1, 0.15) is 18.3 Å². The molecule has 3 aliphatic rings. The average molecular weight is 451 g/mol. The Balaban J connectivity index is 2.27. The van der Waals surface area contributed by atoms with Gasteiger partial charge in [-0.3, -0.25) is 14.4 Å². The molecule has 0 amide bonds. The number of rotatable bonds is 2. The monoisotopic (exact) mass is 450 g/mol. The Morgan fingerprint density at radius 3 is 2.16 bits per heavy atom. The molecule has 8 nitrogen and oxygen atoms in total. The van der Waals surface area contributed by atoms with Gasteiger partial charge < -0.3 is 24.8 Å². The second-order valence-electron chi connectivity index (χ2n) is 10.2. The van der Waals surface area contributed by atoms with Crippen molar-refractivity contribution in [2.24, 2.45) is 16.7 Å². The standard InChI is InChI=1S/C24H34O8/c1-11-16(27)8-15-18(31-12(2)25)7-14-10-24(6,19(9-17(14)28)32-13(3)26)22(30)21(29)20(11)23(15,4)5/h7,15-19,21,27-29H,8-10H2,1-6H3/b14-7-/t15-,16-,17-,18-,19-,21+,24-/m0/s1. The van der Waals surface area contributed by atoms with Crippen molar-refractivity contribution in [1.82, 2.24) is 0 Å². The van der Waals surface area contributed by atoms with E-state index in [9.17, 15) is 29.7 Å². The van der Waals surface area contributed by atoms with Gasteiger partial charge in [-0.05, 0) is 54.9 Å². The number of carbonyl (C=O) groups excluding carboxylic acids is 3. The minimum atomic E-state index is -1.54. The van der Waals surface area contributed by atoms with Gasteiger partial charge in [0.25, 0.3) is 0 Å². The quantitative estimate of drug-likeness (QED) is 0.427. The maximum Gasteiger partial charge on any atom is 0.303 e. The molecule has 0 aliphatic heterocycles. The Kier molecular flexibility index (Phi) is 6.45. The molecule has 4 bridgehead atoms. The van der Waals surface area contributed by atoms with Crippen molar-refractivity contribution < 1.29 is 39.2 Å². The number of esters is 2. The SMILES string of the molecule is CC(=O)O[C@H]1/C=C2/C[C@](C)(C(=O)[C@H](O)C3=C(C)[C@@H](O)C[C@@H]1C3(C)C)[C@@H](OC(C)=O)C[C@@H]2O. The highest BCUT2D eigenvalue weighted by Gasteiger charge is 2.56. The van der Waals surface area contributed by atoms with E-state index < -0.39 is 65.0 Å². The molecule has 0 aromatic heterocycles. The van der Waals surface area contributed by atoms with Crippen LogP contribution < -0.4 is 0 Å². The molecule has 0 aromatic rings. The summed E-state index contributed by atoms with van der Waals surface area (Å²) in [5, 5.41) is 32.9. The van der Waals surface area contributed by atoms with Crippen LogP contribution in [0.3, 0.4) is 0 Å².